The third kappa shape index (κ3) is 5.51. The lowest BCUT2D eigenvalue weighted by molar-refractivity contribution is -0.141. The molecule has 0 aliphatic heterocycles. The van der Waals surface area contributed by atoms with Crippen molar-refractivity contribution in [3.63, 3.8) is 0 Å². The molecule has 0 radical (unpaired) electrons. The van der Waals surface area contributed by atoms with Crippen LogP contribution in [0.3, 0.4) is 0 Å². The van der Waals surface area contributed by atoms with E-state index in [0.29, 0.717) is 5.75 Å². The van der Waals surface area contributed by atoms with Crippen molar-refractivity contribution in [3.8, 4) is 11.5 Å². The summed E-state index contributed by atoms with van der Waals surface area (Å²) in [7, 11) is -1.18. The number of hydrogen-bond acceptors (Lipinski definition) is 7. The Bertz CT molecular complexity index is 958. The van der Waals surface area contributed by atoms with Crippen LogP contribution >= 0.6 is 0 Å². The predicted molar refractivity (Wildman–Crippen MR) is 96.4 cm³/mol. The van der Waals surface area contributed by atoms with Crippen LogP contribution in [0, 0.1) is 5.82 Å². The lowest BCUT2D eigenvalue weighted by atomic mass is 10.1. The molecule has 28 heavy (non-hydrogen) atoms. The topological polar surface area (TPSA) is 108 Å². The molecule has 0 amide bonds. The minimum Gasteiger partial charge on any atom is -0.497 e. The van der Waals surface area contributed by atoms with E-state index in [-0.39, 0.29) is 16.2 Å². The molecule has 0 unspecified atom stereocenters. The Morgan fingerprint density at radius 3 is 2.32 bits per heavy atom. The highest BCUT2D eigenvalue weighted by atomic mass is 32.2. The predicted octanol–water partition coefficient (Wildman–Crippen LogP) is 1.55. The van der Waals surface area contributed by atoms with Crippen LogP contribution < -0.4 is 14.2 Å². The van der Waals surface area contributed by atoms with E-state index in [1.807, 2.05) is 4.72 Å². The molecule has 0 aromatic heterocycles. The van der Waals surface area contributed by atoms with Gasteiger partial charge in [-0.3, -0.25) is 9.59 Å². The number of carbonyl (C=O) groups is 2. The van der Waals surface area contributed by atoms with Crippen molar-refractivity contribution in [3.05, 3.63) is 53.8 Å². The van der Waals surface area contributed by atoms with Crippen molar-refractivity contribution in [2.45, 2.75) is 4.90 Å². The van der Waals surface area contributed by atoms with Gasteiger partial charge in [0, 0.05) is 6.07 Å². The van der Waals surface area contributed by atoms with E-state index in [2.05, 4.69) is 0 Å². The average Bonchev–Trinajstić information content (AvgIpc) is 2.70. The molecule has 0 spiro atoms. The number of hydrogen-bond donors (Lipinski definition) is 1. The summed E-state index contributed by atoms with van der Waals surface area (Å²) in [4.78, 5) is 23.8. The fourth-order valence-corrected chi connectivity index (χ4v) is 3.12. The number of methoxy groups -OCH3 is 2. The zero-order valence-corrected chi connectivity index (χ0v) is 15.9. The summed E-state index contributed by atoms with van der Waals surface area (Å²) in [6.45, 7) is -1.29. The second-order valence-corrected chi connectivity index (χ2v) is 7.20. The van der Waals surface area contributed by atoms with Crippen LogP contribution in [-0.2, 0) is 19.6 Å². The minimum absolute atomic E-state index is 0.183. The highest BCUT2D eigenvalue weighted by Gasteiger charge is 2.18. The quantitative estimate of drug-likeness (QED) is 0.493. The van der Waals surface area contributed by atoms with Crippen molar-refractivity contribution >= 4 is 21.8 Å². The Labute approximate surface area is 161 Å². The number of nitrogens with one attached hydrogen (secondary N) is 1. The minimum atomic E-state index is -4.02. The lowest BCUT2D eigenvalue weighted by Crippen LogP contribution is -2.31. The van der Waals surface area contributed by atoms with Gasteiger partial charge in [-0.2, -0.15) is 4.72 Å². The second-order valence-electron chi connectivity index (χ2n) is 5.43. The summed E-state index contributed by atoms with van der Waals surface area (Å²) in [6, 6.07) is 8.60. The highest BCUT2D eigenvalue weighted by Crippen LogP contribution is 2.24. The molecule has 0 aliphatic carbocycles. The zero-order valence-electron chi connectivity index (χ0n) is 15.1. The van der Waals surface area contributed by atoms with E-state index < -0.39 is 40.7 Å². The maximum atomic E-state index is 12.9. The summed E-state index contributed by atoms with van der Waals surface area (Å²) in [5, 5.41) is 0. The first-order valence-corrected chi connectivity index (χ1v) is 9.41. The maximum absolute atomic E-state index is 12.9. The fourth-order valence-electron chi connectivity index (χ4n) is 2.15. The SMILES string of the molecule is COc1ccc(C(=O)COC(=O)CNS(=O)(=O)c2ccc(F)cc2)c(OC)c1. The summed E-state index contributed by atoms with van der Waals surface area (Å²) in [6.07, 6.45) is 0. The standard InChI is InChI=1S/C18H18FNO7S/c1-25-13-5-8-15(17(9-13)26-2)16(21)11-27-18(22)10-20-28(23,24)14-6-3-12(19)4-7-14/h3-9,20H,10-11H2,1-2H3. The normalized spacial score (nSPS) is 11.0. The van der Waals surface area contributed by atoms with Crippen molar-refractivity contribution in [1.82, 2.24) is 4.72 Å². The van der Waals surface area contributed by atoms with E-state index in [4.69, 9.17) is 14.2 Å². The molecule has 0 saturated heterocycles. The van der Waals surface area contributed by atoms with Crippen molar-refractivity contribution < 1.29 is 36.6 Å². The number of halogens is 1. The lowest BCUT2D eigenvalue weighted by Gasteiger charge is -2.10. The van der Waals surface area contributed by atoms with Crippen molar-refractivity contribution in [2.75, 3.05) is 27.4 Å². The van der Waals surface area contributed by atoms with Gasteiger partial charge in [0.15, 0.2) is 6.61 Å². The molecule has 8 nitrogen and oxygen atoms in total. The number of benzene rings is 2. The summed E-state index contributed by atoms with van der Waals surface area (Å²) in [5.41, 5.74) is 0.183. The van der Waals surface area contributed by atoms with E-state index in [1.165, 1.54) is 26.4 Å². The van der Waals surface area contributed by atoms with E-state index in [1.54, 1.807) is 6.07 Å². The van der Waals surface area contributed by atoms with Crippen LogP contribution in [0.25, 0.3) is 0 Å². The maximum Gasteiger partial charge on any atom is 0.321 e. The van der Waals surface area contributed by atoms with E-state index >= 15 is 0 Å². The van der Waals surface area contributed by atoms with Gasteiger partial charge in [0.05, 0.1) is 24.7 Å². The molecule has 150 valence electrons. The largest absolute Gasteiger partial charge is 0.497 e. The van der Waals surface area contributed by atoms with Gasteiger partial charge in [-0.25, -0.2) is 12.8 Å². The van der Waals surface area contributed by atoms with Gasteiger partial charge in [0.1, 0.15) is 23.9 Å². The molecule has 0 bridgehead atoms. The third-order valence-corrected chi connectivity index (χ3v) is 5.02. The molecule has 2 rings (SSSR count). The van der Waals surface area contributed by atoms with Crippen LogP contribution in [0.1, 0.15) is 10.4 Å². The molecule has 0 fully saturated rings. The van der Waals surface area contributed by atoms with Crippen LogP contribution in [0.2, 0.25) is 0 Å². The van der Waals surface area contributed by atoms with E-state index in [0.717, 1.165) is 24.3 Å². The first-order valence-electron chi connectivity index (χ1n) is 7.93. The molecule has 1 N–H and O–H groups in total. The Hall–Kier alpha value is -2.98. The monoisotopic (exact) mass is 411 g/mol. The van der Waals surface area contributed by atoms with Crippen LogP contribution in [0.4, 0.5) is 4.39 Å². The van der Waals surface area contributed by atoms with Gasteiger partial charge in [0.2, 0.25) is 15.8 Å². The molecular formula is C18H18FNO7S. The van der Waals surface area contributed by atoms with Crippen LogP contribution in [0.5, 0.6) is 11.5 Å². The Morgan fingerprint density at radius 1 is 1.04 bits per heavy atom. The fraction of sp³-hybridized carbons (Fsp3) is 0.222. The number of sulfonamides is 1. The van der Waals surface area contributed by atoms with Crippen LogP contribution in [0.15, 0.2) is 47.4 Å². The van der Waals surface area contributed by atoms with Crippen molar-refractivity contribution in [2.24, 2.45) is 0 Å². The second kappa shape index (κ2) is 9.29. The van der Waals surface area contributed by atoms with Gasteiger partial charge >= 0.3 is 5.97 Å². The number of rotatable bonds is 9. The molecule has 2 aromatic rings. The summed E-state index contributed by atoms with van der Waals surface area (Å²) in [5.74, 6) is -1.34. The molecule has 10 heteroatoms. The Kier molecular flexibility index (Phi) is 7.07. The van der Waals surface area contributed by atoms with Crippen molar-refractivity contribution in [1.29, 1.82) is 0 Å². The highest BCUT2D eigenvalue weighted by molar-refractivity contribution is 7.89. The molecule has 0 atom stereocenters. The first-order chi connectivity index (χ1) is 13.3. The van der Waals surface area contributed by atoms with Gasteiger partial charge in [-0.1, -0.05) is 0 Å². The molecule has 0 saturated carbocycles. The number of ketones is 1. The molecule has 2 aromatic carbocycles. The van der Waals surface area contributed by atoms with Crippen LogP contribution in [-0.4, -0.2) is 47.5 Å². The number of Topliss-reactive ketones (excluding diaryl/α,β-unsaturated/α-hetero) is 1. The Morgan fingerprint density at radius 2 is 1.71 bits per heavy atom. The first kappa shape index (κ1) is 21.3. The third-order valence-electron chi connectivity index (χ3n) is 3.60. The Balaban J connectivity index is 1.92. The van der Waals surface area contributed by atoms with Gasteiger partial charge in [-0.05, 0) is 36.4 Å². The van der Waals surface area contributed by atoms with Gasteiger partial charge < -0.3 is 14.2 Å². The van der Waals surface area contributed by atoms with Gasteiger partial charge in [0.25, 0.3) is 0 Å². The summed E-state index contributed by atoms with van der Waals surface area (Å²) >= 11 is 0. The summed E-state index contributed by atoms with van der Waals surface area (Å²) < 4.78 is 53.9. The molecule has 0 heterocycles. The molecule has 0 aliphatic rings. The molecular weight excluding hydrogens is 393 g/mol. The number of ether oxygens (including phenoxy) is 3. The number of carbonyl (C=O) groups excluding carboxylic acids is 2. The van der Waals surface area contributed by atoms with E-state index in [9.17, 15) is 22.4 Å². The average molecular weight is 411 g/mol. The number of esters is 1. The zero-order chi connectivity index (χ0) is 20.7. The van der Waals surface area contributed by atoms with Gasteiger partial charge in [-0.15, -0.1) is 0 Å². The smallest absolute Gasteiger partial charge is 0.321 e.